The molecule has 194 valence electrons. The predicted octanol–water partition coefficient (Wildman–Crippen LogP) is -0.675. The molecule has 33 heavy (non-hydrogen) atoms. The number of hydrogen-bond acceptors (Lipinski definition) is 11. The molecule has 0 bridgehead atoms. The van der Waals surface area contributed by atoms with E-state index >= 15 is 0 Å². The zero-order chi connectivity index (χ0) is 24.5. The van der Waals surface area contributed by atoms with Crippen molar-refractivity contribution in [3.8, 4) is 0 Å². The third kappa shape index (κ3) is 6.60. The minimum absolute atomic E-state index is 0.192. The fourth-order valence-corrected chi connectivity index (χ4v) is 4.48. The Labute approximate surface area is 195 Å². The smallest absolute Gasteiger partial charge is 0.217 e. The Balaban J connectivity index is 2.37. The van der Waals surface area contributed by atoms with Gasteiger partial charge in [0.05, 0.1) is 13.2 Å². The second kappa shape index (κ2) is 13.8. The van der Waals surface area contributed by atoms with E-state index < -0.39 is 61.3 Å². The van der Waals surface area contributed by atoms with Gasteiger partial charge in [-0.15, -0.1) is 0 Å². The van der Waals surface area contributed by atoms with Gasteiger partial charge in [0.1, 0.15) is 48.8 Å². The number of amides is 1. The van der Waals surface area contributed by atoms with E-state index in [4.69, 9.17) is 47.4 Å². The maximum absolute atomic E-state index is 11.9. The van der Waals surface area contributed by atoms with Crippen molar-refractivity contribution in [1.82, 2.24) is 5.32 Å². The molecular weight excluding hydrogens is 442 g/mol. The first-order valence-electron chi connectivity index (χ1n) is 10.8. The fourth-order valence-electron chi connectivity index (χ4n) is 4.48. The number of hydrogen-bond donors (Lipinski definition) is 1. The topological polar surface area (TPSA) is 121 Å². The molecule has 1 N–H and O–H groups in total. The molecule has 0 unspecified atom stereocenters. The monoisotopic (exact) mass is 481 g/mol. The molecule has 12 heteroatoms. The number of methoxy groups -OCH3 is 7. The van der Waals surface area contributed by atoms with Crippen LogP contribution in [0.3, 0.4) is 0 Å². The van der Waals surface area contributed by atoms with Crippen LogP contribution in [0.2, 0.25) is 0 Å². The molecule has 2 aliphatic heterocycles. The van der Waals surface area contributed by atoms with Crippen molar-refractivity contribution >= 4 is 5.91 Å². The highest BCUT2D eigenvalue weighted by molar-refractivity contribution is 5.73. The highest BCUT2D eigenvalue weighted by Gasteiger charge is 2.53. The Morgan fingerprint density at radius 2 is 1.18 bits per heavy atom. The second-order valence-electron chi connectivity index (χ2n) is 7.86. The van der Waals surface area contributed by atoms with Crippen molar-refractivity contribution in [3.63, 3.8) is 0 Å². The molecule has 0 aromatic heterocycles. The lowest BCUT2D eigenvalue weighted by atomic mass is 9.95. The van der Waals surface area contributed by atoms with Crippen LogP contribution in [0.5, 0.6) is 0 Å². The van der Waals surface area contributed by atoms with E-state index in [9.17, 15) is 4.79 Å². The van der Waals surface area contributed by atoms with Crippen molar-refractivity contribution in [3.05, 3.63) is 0 Å². The molecule has 1 amide bonds. The lowest BCUT2D eigenvalue weighted by Crippen LogP contribution is -2.68. The number of nitrogens with one attached hydrogen (secondary N) is 1. The summed E-state index contributed by atoms with van der Waals surface area (Å²) >= 11 is 0. The standard InChI is InChI=1S/C21H39NO11/c1-11(23)22-14-17(27-5)16(13(10-25-3)31-20(14)30-8)33-21-19(29-7)18(28-6)15(26-4)12(32-21)9-24-2/h12-21H,9-10H2,1-8H3,(H,22,23)/t12-,13-,14-,15-,16-,17-,18+,19+,20-,21+/m1/s1. The fraction of sp³-hybridized carbons (Fsp3) is 0.952. The van der Waals surface area contributed by atoms with E-state index in [1.807, 2.05) is 0 Å². The summed E-state index contributed by atoms with van der Waals surface area (Å²) in [4.78, 5) is 11.9. The van der Waals surface area contributed by atoms with E-state index in [1.165, 1.54) is 21.1 Å². The molecular formula is C21H39NO11. The SMILES string of the molecule is COC[C@H]1O[C@@H](O[C@H]2[C@H](OC)[C@@H](NC(C)=O)[C@H](OC)O[C@@H]2COC)[C@@H](OC)[C@@H](OC)[C@@H]1OC. The first-order valence-corrected chi connectivity index (χ1v) is 10.8. The highest BCUT2D eigenvalue weighted by Crippen LogP contribution is 2.33. The summed E-state index contributed by atoms with van der Waals surface area (Å²) in [5.41, 5.74) is 0. The Kier molecular flexibility index (Phi) is 11.9. The van der Waals surface area contributed by atoms with Gasteiger partial charge in [-0.1, -0.05) is 0 Å². The van der Waals surface area contributed by atoms with Gasteiger partial charge >= 0.3 is 0 Å². The maximum Gasteiger partial charge on any atom is 0.217 e. The van der Waals surface area contributed by atoms with Gasteiger partial charge in [0.15, 0.2) is 12.6 Å². The van der Waals surface area contributed by atoms with Gasteiger partial charge in [0.25, 0.3) is 0 Å². The predicted molar refractivity (Wildman–Crippen MR) is 114 cm³/mol. The molecule has 0 saturated carbocycles. The van der Waals surface area contributed by atoms with Crippen molar-refractivity contribution in [2.75, 3.05) is 63.0 Å². The molecule has 0 aromatic rings. The quantitative estimate of drug-likeness (QED) is 0.382. The molecule has 2 aliphatic rings. The minimum Gasteiger partial charge on any atom is -0.382 e. The summed E-state index contributed by atoms with van der Waals surface area (Å²) in [5, 5.41) is 2.83. The van der Waals surface area contributed by atoms with Crippen LogP contribution in [0, 0.1) is 0 Å². The van der Waals surface area contributed by atoms with Crippen LogP contribution in [-0.2, 0) is 52.2 Å². The van der Waals surface area contributed by atoms with Crippen LogP contribution >= 0.6 is 0 Å². The average Bonchev–Trinajstić information content (AvgIpc) is 2.80. The van der Waals surface area contributed by atoms with E-state index in [0.29, 0.717) is 0 Å². The molecule has 2 saturated heterocycles. The number of ether oxygens (including phenoxy) is 10. The van der Waals surface area contributed by atoms with Crippen molar-refractivity contribution in [2.24, 2.45) is 0 Å². The van der Waals surface area contributed by atoms with Gasteiger partial charge in [-0.3, -0.25) is 4.79 Å². The molecule has 2 fully saturated rings. The Hall–Kier alpha value is -0.930. The van der Waals surface area contributed by atoms with Gasteiger partial charge < -0.3 is 52.7 Å². The van der Waals surface area contributed by atoms with Gasteiger partial charge in [-0.2, -0.15) is 0 Å². The largest absolute Gasteiger partial charge is 0.382 e. The molecule has 12 nitrogen and oxygen atoms in total. The van der Waals surface area contributed by atoms with E-state index in [-0.39, 0.29) is 19.1 Å². The molecule has 0 spiro atoms. The van der Waals surface area contributed by atoms with Crippen molar-refractivity contribution < 1.29 is 52.2 Å². The summed E-state index contributed by atoms with van der Waals surface area (Å²) < 4.78 is 57.6. The molecule has 0 aromatic carbocycles. The van der Waals surface area contributed by atoms with Crippen LogP contribution in [0.15, 0.2) is 0 Å². The number of carbonyl (C=O) groups excluding carboxylic acids is 1. The second-order valence-corrected chi connectivity index (χ2v) is 7.86. The van der Waals surface area contributed by atoms with Crippen molar-refractivity contribution in [1.29, 1.82) is 0 Å². The zero-order valence-corrected chi connectivity index (χ0v) is 20.7. The summed E-state index contributed by atoms with van der Waals surface area (Å²) in [5.74, 6) is -0.261. The maximum atomic E-state index is 11.9. The van der Waals surface area contributed by atoms with Crippen LogP contribution in [0.4, 0.5) is 0 Å². The Morgan fingerprint density at radius 1 is 0.667 bits per heavy atom. The van der Waals surface area contributed by atoms with Gasteiger partial charge in [0, 0.05) is 56.7 Å². The van der Waals surface area contributed by atoms with E-state index in [1.54, 1.807) is 35.5 Å². The molecule has 2 rings (SSSR count). The Bertz CT molecular complexity index is 582. The van der Waals surface area contributed by atoms with Crippen LogP contribution < -0.4 is 5.32 Å². The van der Waals surface area contributed by atoms with Gasteiger partial charge in [-0.25, -0.2) is 0 Å². The van der Waals surface area contributed by atoms with Crippen LogP contribution in [0.25, 0.3) is 0 Å². The summed E-state index contributed by atoms with van der Waals surface area (Å²) in [6, 6.07) is -0.639. The van der Waals surface area contributed by atoms with Crippen molar-refractivity contribution in [2.45, 2.75) is 68.3 Å². The van der Waals surface area contributed by atoms with Gasteiger partial charge in [-0.05, 0) is 0 Å². The summed E-state index contributed by atoms with van der Waals surface area (Å²) in [6.45, 7) is 1.86. The van der Waals surface area contributed by atoms with E-state index in [2.05, 4.69) is 5.32 Å². The lowest BCUT2D eigenvalue weighted by Gasteiger charge is -2.49. The van der Waals surface area contributed by atoms with Gasteiger partial charge in [0.2, 0.25) is 5.91 Å². The molecule has 0 aliphatic carbocycles. The highest BCUT2D eigenvalue weighted by atomic mass is 16.8. The normalized spacial score (nSPS) is 39.4. The zero-order valence-electron chi connectivity index (χ0n) is 20.7. The Morgan fingerprint density at radius 3 is 1.64 bits per heavy atom. The number of rotatable bonds is 12. The number of carbonyl (C=O) groups is 1. The molecule has 10 atom stereocenters. The molecule has 2 heterocycles. The van der Waals surface area contributed by atoms with Crippen LogP contribution in [-0.4, -0.2) is 130 Å². The first-order chi connectivity index (χ1) is 15.9. The third-order valence-electron chi connectivity index (χ3n) is 5.88. The molecule has 0 radical (unpaired) electrons. The minimum atomic E-state index is -0.880. The average molecular weight is 482 g/mol. The summed E-state index contributed by atoms with van der Waals surface area (Å²) in [6.07, 6.45) is -5.64. The first kappa shape index (κ1) is 28.3. The van der Waals surface area contributed by atoms with Crippen LogP contribution in [0.1, 0.15) is 6.92 Å². The lowest BCUT2D eigenvalue weighted by molar-refractivity contribution is -0.354. The third-order valence-corrected chi connectivity index (χ3v) is 5.88. The van der Waals surface area contributed by atoms with E-state index in [0.717, 1.165) is 0 Å². The summed E-state index contributed by atoms with van der Waals surface area (Å²) in [7, 11) is 10.8.